The Morgan fingerprint density at radius 3 is 1.97 bits per heavy atom. The molecule has 196 valence electrons. The summed E-state index contributed by atoms with van der Waals surface area (Å²) in [6.07, 6.45) is 2.50. The molecule has 7 nitrogen and oxygen atoms in total. The van der Waals surface area contributed by atoms with Crippen LogP contribution < -0.4 is 24.7 Å². The Kier molecular flexibility index (Phi) is 9.52. The highest BCUT2D eigenvalue weighted by molar-refractivity contribution is 6.35. The molecular weight excluding hydrogens is 490 g/mol. The van der Waals surface area contributed by atoms with E-state index in [0.29, 0.717) is 47.7 Å². The van der Waals surface area contributed by atoms with Gasteiger partial charge in [-0.05, 0) is 73.5 Å². The average Bonchev–Trinajstić information content (AvgIpc) is 3.45. The van der Waals surface area contributed by atoms with E-state index in [-0.39, 0.29) is 0 Å². The number of hydrogen-bond donors (Lipinski definition) is 1. The summed E-state index contributed by atoms with van der Waals surface area (Å²) in [6, 6.07) is 19.0. The molecule has 3 aromatic carbocycles. The normalized spacial score (nSPS) is 14.0. The minimum atomic E-state index is 0.304. The molecular formula is C29H34ClN3O4. The number of nitrogens with two attached hydrogens (primary N) is 1. The van der Waals surface area contributed by atoms with Crippen molar-refractivity contribution < 1.29 is 18.9 Å². The van der Waals surface area contributed by atoms with Gasteiger partial charge in [-0.25, -0.2) is 0 Å². The molecule has 0 radical (unpaired) electrons. The Morgan fingerprint density at radius 1 is 0.838 bits per heavy atom. The maximum atomic E-state index is 6.84. The summed E-state index contributed by atoms with van der Waals surface area (Å²) in [7, 11) is 3.28. The number of aliphatic imine (C=N–C) groups is 1. The molecule has 0 saturated carbocycles. The molecule has 0 bridgehead atoms. The molecule has 1 fully saturated rings. The lowest BCUT2D eigenvalue weighted by Gasteiger charge is -2.17. The average molecular weight is 524 g/mol. The molecule has 0 aliphatic carbocycles. The SMILES string of the molecule is COc1ccc(COc2ccc(C(N)=NCCN3CCCC3)c(Cl)c2OCc2ccc(OC)cc2)cc1. The molecule has 4 rings (SSSR count). The number of ether oxygens (including phenoxy) is 4. The first kappa shape index (κ1) is 26.6. The molecule has 3 aromatic rings. The fourth-order valence-corrected chi connectivity index (χ4v) is 4.46. The zero-order valence-electron chi connectivity index (χ0n) is 21.4. The molecule has 2 N–H and O–H groups in total. The van der Waals surface area contributed by atoms with E-state index in [0.717, 1.165) is 42.3 Å². The first-order chi connectivity index (χ1) is 18.1. The summed E-state index contributed by atoms with van der Waals surface area (Å²) in [5.41, 5.74) is 8.94. The summed E-state index contributed by atoms with van der Waals surface area (Å²) >= 11 is 6.84. The minimum absolute atomic E-state index is 0.304. The lowest BCUT2D eigenvalue weighted by Crippen LogP contribution is -2.24. The first-order valence-electron chi connectivity index (χ1n) is 12.4. The van der Waals surface area contributed by atoms with Crippen molar-refractivity contribution in [3.8, 4) is 23.0 Å². The molecule has 1 aliphatic rings. The van der Waals surface area contributed by atoms with Gasteiger partial charge in [0, 0.05) is 12.1 Å². The summed E-state index contributed by atoms with van der Waals surface area (Å²) in [6.45, 7) is 4.41. The van der Waals surface area contributed by atoms with Gasteiger partial charge in [0.1, 0.15) is 30.5 Å². The number of hydrogen-bond acceptors (Lipinski definition) is 6. The molecule has 1 heterocycles. The lowest BCUT2D eigenvalue weighted by atomic mass is 10.1. The van der Waals surface area contributed by atoms with Crippen molar-refractivity contribution in [2.45, 2.75) is 26.1 Å². The maximum Gasteiger partial charge on any atom is 0.181 e. The number of likely N-dealkylation sites (tertiary alicyclic amines) is 1. The standard InChI is InChI=1S/C29H34ClN3O4/c1-34-23-9-5-21(6-10-23)19-36-26-14-13-25(29(31)32-15-18-33-16-3-4-17-33)27(30)28(26)37-20-22-7-11-24(35-2)12-8-22/h5-14H,3-4,15-20H2,1-2H3,(H2,31,32). The van der Waals surface area contributed by atoms with Crippen molar-refractivity contribution in [3.63, 3.8) is 0 Å². The number of methoxy groups -OCH3 is 2. The third-order valence-electron chi connectivity index (χ3n) is 6.33. The Hall–Kier alpha value is -3.42. The van der Waals surface area contributed by atoms with Gasteiger partial charge >= 0.3 is 0 Å². The van der Waals surface area contributed by atoms with Crippen LogP contribution in [0.2, 0.25) is 5.02 Å². The van der Waals surface area contributed by atoms with Crippen LogP contribution in [-0.2, 0) is 13.2 Å². The number of rotatable bonds is 12. The molecule has 0 amide bonds. The first-order valence-corrected chi connectivity index (χ1v) is 12.8. The van der Waals surface area contributed by atoms with Crippen LogP contribution >= 0.6 is 11.6 Å². The number of benzene rings is 3. The van der Waals surface area contributed by atoms with Crippen LogP contribution in [0, 0.1) is 0 Å². The maximum absolute atomic E-state index is 6.84. The van der Waals surface area contributed by atoms with Crippen LogP contribution in [0.5, 0.6) is 23.0 Å². The van der Waals surface area contributed by atoms with E-state index in [4.69, 9.17) is 36.3 Å². The van der Waals surface area contributed by atoms with Crippen molar-refractivity contribution in [2.24, 2.45) is 10.7 Å². The zero-order valence-corrected chi connectivity index (χ0v) is 22.2. The molecule has 1 saturated heterocycles. The predicted octanol–water partition coefficient (Wildman–Crippen LogP) is 5.32. The third kappa shape index (κ3) is 7.31. The van der Waals surface area contributed by atoms with Crippen molar-refractivity contribution >= 4 is 17.4 Å². The third-order valence-corrected chi connectivity index (χ3v) is 6.70. The Labute approximate surface area is 223 Å². The van der Waals surface area contributed by atoms with Crippen LogP contribution in [0.3, 0.4) is 0 Å². The van der Waals surface area contributed by atoms with Gasteiger partial charge in [-0.3, -0.25) is 4.99 Å². The van der Waals surface area contributed by atoms with Crippen LogP contribution in [0.25, 0.3) is 0 Å². The van der Waals surface area contributed by atoms with Gasteiger partial charge in [-0.2, -0.15) is 0 Å². The van der Waals surface area contributed by atoms with Gasteiger partial charge in [0.05, 0.1) is 25.8 Å². The summed E-state index contributed by atoms with van der Waals surface area (Å²) in [4.78, 5) is 6.98. The van der Waals surface area contributed by atoms with Gasteiger partial charge in [-0.1, -0.05) is 35.9 Å². The van der Waals surface area contributed by atoms with E-state index in [1.807, 2.05) is 60.7 Å². The van der Waals surface area contributed by atoms with Crippen LogP contribution in [0.1, 0.15) is 29.5 Å². The van der Waals surface area contributed by atoms with Crippen molar-refractivity contribution in [1.82, 2.24) is 4.90 Å². The van der Waals surface area contributed by atoms with Crippen molar-refractivity contribution in [2.75, 3.05) is 40.4 Å². The van der Waals surface area contributed by atoms with Crippen LogP contribution in [-0.4, -0.2) is 51.1 Å². The smallest absolute Gasteiger partial charge is 0.181 e. The largest absolute Gasteiger partial charge is 0.497 e. The Balaban J connectivity index is 1.52. The highest BCUT2D eigenvalue weighted by atomic mass is 35.5. The van der Waals surface area contributed by atoms with Crippen LogP contribution in [0.4, 0.5) is 0 Å². The number of halogens is 1. The van der Waals surface area contributed by atoms with Gasteiger partial charge in [-0.15, -0.1) is 0 Å². The molecule has 37 heavy (non-hydrogen) atoms. The summed E-state index contributed by atoms with van der Waals surface area (Å²) in [5, 5.41) is 0.378. The highest BCUT2D eigenvalue weighted by Crippen LogP contribution is 2.39. The second-order valence-corrected chi connectivity index (χ2v) is 9.22. The van der Waals surface area contributed by atoms with Gasteiger partial charge in [0.25, 0.3) is 0 Å². The fourth-order valence-electron chi connectivity index (χ4n) is 4.15. The highest BCUT2D eigenvalue weighted by Gasteiger charge is 2.18. The monoisotopic (exact) mass is 523 g/mol. The van der Waals surface area contributed by atoms with Gasteiger partial charge < -0.3 is 29.6 Å². The molecule has 0 spiro atoms. The van der Waals surface area contributed by atoms with Gasteiger partial charge in [0.15, 0.2) is 11.5 Å². The summed E-state index contributed by atoms with van der Waals surface area (Å²) in [5.74, 6) is 2.92. The molecule has 8 heteroatoms. The minimum Gasteiger partial charge on any atom is -0.497 e. The predicted molar refractivity (Wildman–Crippen MR) is 147 cm³/mol. The van der Waals surface area contributed by atoms with Crippen molar-refractivity contribution in [3.05, 3.63) is 82.4 Å². The van der Waals surface area contributed by atoms with E-state index in [9.17, 15) is 0 Å². The van der Waals surface area contributed by atoms with E-state index in [2.05, 4.69) is 9.89 Å². The zero-order chi connectivity index (χ0) is 26.0. The van der Waals surface area contributed by atoms with E-state index < -0.39 is 0 Å². The van der Waals surface area contributed by atoms with E-state index in [1.165, 1.54) is 12.8 Å². The fraction of sp³-hybridized carbons (Fsp3) is 0.345. The van der Waals surface area contributed by atoms with Gasteiger partial charge in [0.2, 0.25) is 0 Å². The van der Waals surface area contributed by atoms with Crippen LogP contribution in [0.15, 0.2) is 65.7 Å². The second-order valence-electron chi connectivity index (χ2n) is 8.84. The molecule has 0 unspecified atom stereocenters. The molecule has 1 aliphatic heterocycles. The Bertz CT molecular complexity index is 1180. The molecule has 0 atom stereocenters. The van der Waals surface area contributed by atoms with E-state index in [1.54, 1.807) is 14.2 Å². The number of amidine groups is 1. The van der Waals surface area contributed by atoms with Crippen molar-refractivity contribution in [1.29, 1.82) is 0 Å². The Morgan fingerprint density at radius 2 is 1.41 bits per heavy atom. The quantitative estimate of drug-likeness (QED) is 0.256. The van der Waals surface area contributed by atoms with E-state index >= 15 is 0 Å². The summed E-state index contributed by atoms with van der Waals surface area (Å²) < 4.78 is 22.8. The lowest BCUT2D eigenvalue weighted by molar-refractivity contribution is 0.256. The molecule has 0 aromatic heterocycles. The second kappa shape index (κ2) is 13.2. The number of nitrogens with zero attached hydrogens (tertiary/aromatic N) is 2. The topological polar surface area (TPSA) is 78.5 Å².